The van der Waals surface area contributed by atoms with Crippen LogP contribution in [0.5, 0.6) is 11.5 Å². The molecule has 1 saturated carbocycles. The van der Waals surface area contributed by atoms with Gasteiger partial charge in [0.25, 0.3) is 5.69 Å². The lowest BCUT2D eigenvalue weighted by Crippen LogP contribution is -2.69. The number of rotatable bonds is 21. The van der Waals surface area contributed by atoms with Gasteiger partial charge in [0.1, 0.15) is 30.8 Å². The van der Waals surface area contributed by atoms with Crippen LogP contribution in [0.1, 0.15) is 67.6 Å². The zero-order valence-electron chi connectivity index (χ0n) is 33.7. The van der Waals surface area contributed by atoms with Crippen LogP contribution in [0.2, 0.25) is 0 Å². The maximum absolute atomic E-state index is 14.3. The highest BCUT2D eigenvalue weighted by molar-refractivity contribution is 6.03. The van der Waals surface area contributed by atoms with Crippen molar-refractivity contribution in [2.45, 2.75) is 69.3 Å². The fraction of sp³-hybridized carbons (Fsp3) is 0.404. The topological polar surface area (TPSA) is 153 Å². The van der Waals surface area contributed by atoms with Crippen LogP contribution >= 0.6 is 0 Å². The summed E-state index contributed by atoms with van der Waals surface area (Å²) in [5.41, 5.74) is 4.12. The van der Waals surface area contributed by atoms with Crippen LogP contribution in [-0.2, 0) is 21.0 Å². The number of aliphatic hydroxyl groups is 2. The number of allylic oxidation sites excluding steroid dienone is 1. The highest BCUT2D eigenvalue weighted by Gasteiger charge is 2.65. The van der Waals surface area contributed by atoms with Crippen molar-refractivity contribution in [3.8, 4) is 11.5 Å². The number of nitrogens with zero attached hydrogens (tertiary/aromatic N) is 3. The fourth-order valence-corrected chi connectivity index (χ4v) is 8.88. The predicted molar refractivity (Wildman–Crippen MR) is 227 cm³/mol. The Morgan fingerprint density at radius 1 is 1.00 bits per heavy atom. The molecule has 3 aliphatic rings. The fourth-order valence-electron chi connectivity index (χ4n) is 8.88. The summed E-state index contributed by atoms with van der Waals surface area (Å²) in [5, 5.41) is 35.8. The highest BCUT2D eigenvalue weighted by Crippen LogP contribution is 2.61. The van der Waals surface area contributed by atoms with Crippen molar-refractivity contribution in [1.29, 1.82) is 0 Å². The molecular weight excluding hydrogens is 751 g/mol. The van der Waals surface area contributed by atoms with Gasteiger partial charge in [0.05, 0.1) is 23.2 Å². The number of carbonyl (C=O) groups excluding carboxylic acids is 1. The molecule has 2 aliphatic carbocycles. The lowest BCUT2D eigenvalue weighted by atomic mass is 9.55. The molecule has 1 aliphatic heterocycles. The number of unbranched alkanes of at least 4 members (excludes halogenated alkanes) is 2. The molecule has 1 amide bonds. The minimum Gasteiger partial charge on any atom is -0.490 e. The Bertz CT molecular complexity index is 2010. The molecule has 1 heterocycles. The van der Waals surface area contributed by atoms with E-state index in [9.17, 15) is 25.1 Å². The number of nitro benzene ring substituents is 1. The molecule has 0 spiro atoms. The van der Waals surface area contributed by atoms with Gasteiger partial charge in [-0.2, -0.15) is 0 Å². The van der Waals surface area contributed by atoms with Crippen LogP contribution in [0.15, 0.2) is 121 Å². The highest BCUT2D eigenvalue weighted by atomic mass is 16.7. The number of oxime groups is 1. The van der Waals surface area contributed by atoms with Crippen molar-refractivity contribution in [1.82, 2.24) is 4.90 Å². The normalized spacial score (nSPS) is 23.7. The van der Waals surface area contributed by atoms with Gasteiger partial charge in [0.2, 0.25) is 11.7 Å². The van der Waals surface area contributed by atoms with E-state index in [0.29, 0.717) is 42.2 Å². The van der Waals surface area contributed by atoms with E-state index in [4.69, 9.17) is 24.2 Å². The number of aliphatic hydroxyl groups excluding tert-OH is 2. The Kier molecular flexibility index (Phi) is 14.9. The summed E-state index contributed by atoms with van der Waals surface area (Å²) in [6.07, 6.45) is 13.6. The van der Waals surface area contributed by atoms with Crippen molar-refractivity contribution in [2.24, 2.45) is 22.9 Å². The number of hydrogen-bond donors (Lipinski definition) is 2. The van der Waals surface area contributed by atoms with Crippen molar-refractivity contribution >= 4 is 23.4 Å². The maximum Gasteiger partial charge on any atom is 0.269 e. The first-order valence-electron chi connectivity index (χ1n) is 20.4. The summed E-state index contributed by atoms with van der Waals surface area (Å²) in [6.45, 7) is 8.70. The molecule has 312 valence electrons. The number of amides is 1. The standard InChI is InChI=1S/C47H55N3O9/c1-4-27-56-37-22-23-42-40(30-37)45-38(16-10-12-26-52)35(15-9-11-25-51)29-39-41(48-58-32-34-13-7-6-8-14-34)31-43(47(59-42,46(39)45)57-28-5-2)49(3)44(53)24-19-33-17-20-36(21-18-33)50(54)55/h4-8,13-14,17-24,29-30,35,38,43,45-46,51-52H,1-2,9-12,15-16,25-28,31-32H2,3H3/t35-,38+,43-,45+,46+,47+/m0/s1. The minimum atomic E-state index is -1.41. The van der Waals surface area contributed by atoms with E-state index in [1.165, 1.54) is 18.2 Å². The van der Waals surface area contributed by atoms with Gasteiger partial charge < -0.3 is 34.2 Å². The Morgan fingerprint density at radius 3 is 2.42 bits per heavy atom. The van der Waals surface area contributed by atoms with Crippen molar-refractivity contribution in [3.05, 3.63) is 143 Å². The molecule has 6 rings (SSSR count). The largest absolute Gasteiger partial charge is 0.490 e. The number of fused-ring (bicyclic) bond motifs is 2. The first kappa shape index (κ1) is 43.0. The summed E-state index contributed by atoms with van der Waals surface area (Å²) in [6, 6.07) is 20.9. The zero-order chi connectivity index (χ0) is 41.8. The Labute approximate surface area is 346 Å². The van der Waals surface area contributed by atoms with Crippen LogP contribution in [-0.4, -0.2) is 77.0 Å². The summed E-state index contributed by atoms with van der Waals surface area (Å²) >= 11 is 0. The van der Waals surface area contributed by atoms with Crippen LogP contribution in [0, 0.1) is 27.9 Å². The lowest BCUT2D eigenvalue weighted by molar-refractivity contribution is -0.384. The Hall–Kier alpha value is -5.56. The summed E-state index contributed by atoms with van der Waals surface area (Å²) in [7, 11) is 1.72. The number of hydrogen-bond acceptors (Lipinski definition) is 10. The van der Waals surface area contributed by atoms with Crippen LogP contribution in [0.4, 0.5) is 5.69 Å². The molecule has 0 saturated heterocycles. The van der Waals surface area contributed by atoms with Crippen LogP contribution < -0.4 is 9.47 Å². The Balaban J connectivity index is 1.52. The number of likely N-dealkylation sites (N-methyl/N-ethyl adjacent to an activating group) is 1. The van der Waals surface area contributed by atoms with Gasteiger partial charge in [-0.3, -0.25) is 14.9 Å². The number of carbonyl (C=O) groups is 1. The van der Waals surface area contributed by atoms with Crippen molar-refractivity contribution in [2.75, 3.05) is 33.5 Å². The van der Waals surface area contributed by atoms with E-state index in [2.05, 4.69) is 19.2 Å². The molecule has 3 aromatic rings. The van der Waals surface area contributed by atoms with E-state index in [1.54, 1.807) is 42.3 Å². The van der Waals surface area contributed by atoms with E-state index in [0.717, 1.165) is 42.4 Å². The predicted octanol–water partition coefficient (Wildman–Crippen LogP) is 8.17. The summed E-state index contributed by atoms with van der Waals surface area (Å²) in [4.78, 5) is 32.8. The van der Waals surface area contributed by atoms with Gasteiger partial charge in [-0.15, -0.1) is 6.58 Å². The van der Waals surface area contributed by atoms with Crippen molar-refractivity contribution in [3.63, 3.8) is 0 Å². The van der Waals surface area contributed by atoms with Crippen LogP contribution in [0.25, 0.3) is 6.08 Å². The first-order valence-corrected chi connectivity index (χ1v) is 20.4. The average Bonchev–Trinajstić information content (AvgIpc) is 3.25. The van der Waals surface area contributed by atoms with E-state index in [1.807, 2.05) is 48.5 Å². The molecule has 0 bridgehead atoms. The zero-order valence-corrected chi connectivity index (χ0v) is 33.7. The molecule has 0 radical (unpaired) electrons. The van der Waals surface area contributed by atoms with Gasteiger partial charge in [-0.1, -0.05) is 73.1 Å². The number of ether oxygens (including phenoxy) is 3. The average molecular weight is 806 g/mol. The maximum atomic E-state index is 14.3. The third-order valence-corrected chi connectivity index (χ3v) is 11.6. The first-order chi connectivity index (χ1) is 28.7. The van der Waals surface area contributed by atoms with Gasteiger partial charge >= 0.3 is 0 Å². The smallest absolute Gasteiger partial charge is 0.269 e. The molecule has 0 aromatic heterocycles. The van der Waals surface area contributed by atoms with Gasteiger partial charge in [-0.05, 0) is 90.6 Å². The third kappa shape index (κ3) is 9.84. The van der Waals surface area contributed by atoms with Crippen LogP contribution in [0.3, 0.4) is 0 Å². The van der Waals surface area contributed by atoms with Gasteiger partial charge in [0.15, 0.2) is 0 Å². The second kappa shape index (κ2) is 20.4. The Morgan fingerprint density at radius 2 is 1.73 bits per heavy atom. The van der Waals surface area contributed by atoms with E-state index in [-0.39, 0.29) is 62.2 Å². The van der Waals surface area contributed by atoms with Crippen molar-refractivity contribution < 1.29 is 39.0 Å². The summed E-state index contributed by atoms with van der Waals surface area (Å²) in [5.74, 6) is -0.968. The van der Waals surface area contributed by atoms with Gasteiger partial charge in [0, 0.05) is 56.4 Å². The molecule has 12 nitrogen and oxygen atoms in total. The molecule has 2 N–H and O–H groups in total. The monoisotopic (exact) mass is 805 g/mol. The molecule has 0 unspecified atom stereocenters. The molecule has 6 atom stereocenters. The van der Waals surface area contributed by atoms with Gasteiger partial charge in [-0.25, -0.2) is 0 Å². The molecule has 3 aromatic carbocycles. The SMILES string of the molecule is C=CCOc1ccc2c(c1)[C@H]1[C@H](CCCCO)[C@@H](CCCCO)C=C3C(=NOCc4ccccc4)C[C@H](N(C)C(=O)C=Cc4ccc([N+](=O)[O-])cc4)[C@@](OCC=C)(O2)[C@H]31. The lowest BCUT2D eigenvalue weighted by Gasteiger charge is -2.59. The number of benzene rings is 3. The minimum absolute atomic E-state index is 0.0410. The molecular formula is C47H55N3O9. The molecule has 12 heteroatoms. The molecule has 59 heavy (non-hydrogen) atoms. The van der Waals surface area contributed by atoms with E-state index < -0.39 is 22.7 Å². The molecule has 1 fully saturated rings. The van der Waals surface area contributed by atoms with E-state index >= 15 is 0 Å². The summed E-state index contributed by atoms with van der Waals surface area (Å²) < 4.78 is 20.2. The second-order valence-electron chi connectivity index (χ2n) is 15.3. The number of non-ortho nitro benzene ring substituents is 1. The second-order valence-corrected chi connectivity index (χ2v) is 15.3. The number of nitro groups is 1. The third-order valence-electron chi connectivity index (χ3n) is 11.6. The quantitative estimate of drug-likeness (QED) is 0.0357.